The van der Waals surface area contributed by atoms with Crippen molar-refractivity contribution in [3.05, 3.63) is 54.1 Å². The molecule has 1 amide bonds. The molecule has 0 atom stereocenters. The maximum absolute atomic E-state index is 12.9. The zero-order valence-corrected chi connectivity index (χ0v) is 13.5. The lowest BCUT2D eigenvalue weighted by Gasteiger charge is -2.19. The molecule has 120 valence electrons. The van der Waals surface area contributed by atoms with Crippen molar-refractivity contribution in [3.8, 4) is 11.5 Å². The third-order valence-electron chi connectivity index (χ3n) is 4.24. The third kappa shape index (κ3) is 2.89. The van der Waals surface area contributed by atoms with Gasteiger partial charge in [0.25, 0.3) is 0 Å². The summed E-state index contributed by atoms with van der Waals surface area (Å²) in [6.07, 6.45) is 1.66. The lowest BCUT2D eigenvalue weighted by Crippen LogP contribution is -2.28. The van der Waals surface area contributed by atoms with Gasteiger partial charge in [0.1, 0.15) is 11.5 Å². The minimum Gasteiger partial charge on any atom is -0.496 e. The molecule has 0 aliphatic heterocycles. The van der Waals surface area contributed by atoms with Gasteiger partial charge in [-0.15, -0.1) is 0 Å². The Morgan fingerprint density at radius 3 is 2.39 bits per heavy atom. The molecule has 0 saturated heterocycles. The first-order valence-electron chi connectivity index (χ1n) is 7.88. The number of ether oxygens (including phenoxy) is 2. The van der Waals surface area contributed by atoms with Gasteiger partial charge >= 0.3 is 0 Å². The van der Waals surface area contributed by atoms with Crippen LogP contribution in [-0.4, -0.2) is 19.6 Å². The second-order valence-corrected chi connectivity index (χ2v) is 5.67. The molecule has 2 aromatic rings. The van der Waals surface area contributed by atoms with Gasteiger partial charge in [0, 0.05) is 5.56 Å². The number of benzene rings is 2. The highest BCUT2D eigenvalue weighted by molar-refractivity contribution is 6.02. The maximum Gasteiger partial charge on any atom is 0.235 e. The quantitative estimate of drug-likeness (QED) is 0.883. The van der Waals surface area contributed by atoms with Crippen molar-refractivity contribution >= 4 is 11.6 Å². The molecule has 4 nitrogen and oxygen atoms in total. The molecule has 2 aromatic carbocycles. The van der Waals surface area contributed by atoms with Crippen molar-refractivity contribution in [2.45, 2.75) is 25.2 Å². The third-order valence-corrected chi connectivity index (χ3v) is 4.24. The van der Waals surface area contributed by atoms with Crippen LogP contribution in [0.3, 0.4) is 0 Å². The van der Waals surface area contributed by atoms with Crippen LogP contribution in [-0.2, 0) is 10.2 Å². The molecule has 1 fully saturated rings. The molecule has 0 aromatic heterocycles. The Balaban J connectivity index is 1.86. The molecule has 1 saturated carbocycles. The van der Waals surface area contributed by atoms with Gasteiger partial charge in [0.15, 0.2) is 0 Å². The predicted molar refractivity (Wildman–Crippen MR) is 90.1 cm³/mol. The zero-order valence-electron chi connectivity index (χ0n) is 13.5. The number of anilines is 1. The van der Waals surface area contributed by atoms with Crippen LogP contribution < -0.4 is 14.8 Å². The van der Waals surface area contributed by atoms with Crippen molar-refractivity contribution in [3.63, 3.8) is 0 Å². The summed E-state index contributed by atoms with van der Waals surface area (Å²) in [4.78, 5) is 12.9. The molecular weight excluding hydrogens is 290 g/mol. The van der Waals surface area contributed by atoms with E-state index in [0.717, 1.165) is 24.2 Å². The Morgan fingerprint density at radius 2 is 1.74 bits per heavy atom. The largest absolute Gasteiger partial charge is 0.496 e. The molecule has 3 rings (SSSR count). The molecule has 23 heavy (non-hydrogen) atoms. The lowest BCUT2D eigenvalue weighted by molar-refractivity contribution is -0.118. The molecule has 0 heterocycles. The van der Waals surface area contributed by atoms with E-state index >= 15 is 0 Å². The number of amides is 1. The number of para-hydroxylation sites is 3. The van der Waals surface area contributed by atoms with Crippen LogP contribution in [0, 0.1) is 0 Å². The van der Waals surface area contributed by atoms with E-state index in [1.807, 2.05) is 55.5 Å². The van der Waals surface area contributed by atoms with Crippen LogP contribution in [0.4, 0.5) is 5.69 Å². The number of methoxy groups -OCH3 is 1. The smallest absolute Gasteiger partial charge is 0.235 e. The van der Waals surface area contributed by atoms with Crippen molar-refractivity contribution in [1.82, 2.24) is 0 Å². The second kappa shape index (κ2) is 6.32. The van der Waals surface area contributed by atoms with Crippen LogP contribution in [0.2, 0.25) is 0 Å². The van der Waals surface area contributed by atoms with Crippen molar-refractivity contribution in [2.24, 2.45) is 0 Å². The van der Waals surface area contributed by atoms with Gasteiger partial charge in [0.2, 0.25) is 5.91 Å². The van der Waals surface area contributed by atoms with Gasteiger partial charge in [-0.2, -0.15) is 0 Å². The van der Waals surface area contributed by atoms with Crippen LogP contribution in [0.25, 0.3) is 0 Å². The van der Waals surface area contributed by atoms with Gasteiger partial charge in [0.05, 0.1) is 24.8 Å². The minimum absolute atomic E-state index is 0.00541. The van der Waals surface area contributed by atoms with E-state index in [1.54, 1.807) is 7.11 Å². The number of nitrogens with one attached hydrogen (secondary N) is 1. The molecule has 4 heteroatoms. The maximum atomic E-state index is 12.9. The number of hydrogen-bond donors (Lipinski definition) is 1. The normalized spacial score (nSPS) is 14.9. The molecule has 0 unspecified atom stereocenters. The molecule has 0 spiro atoms. The summed E-state index contributed by atoms with van der Waals surface area (Å²) in [6.45, 7) is 2.49. The van der Waals surface area contributed by atoms with Gasteiger partial charge in [-0.25, -0.2) is 0 Å². The van der Waals surface area contributed by atoms with Crippen LogP contribution in [0.15, 0.2) is 48.5 Å². The Kier molecular flexibility index (Phi) is 4.24. The first kappa shape index (κ1) is 15.4. The van der Waals surface area contributed by atoms with Gasteiger partial charge in [-0.05, 0) is 38.0 Å². The highest BCUT2D eigenvalue weighted by Crippen LogP contribution is 2.52. The second-order valence-electron chi connectivity index (χ2n) is 5.67. The van der Waals surface area contributed by atoms with E-state index in [2.05, 4.69) is 5.32 Å². The van der Waals surface area contributed by atoms with Crippen LogP contribution >= 0.6 is 0 Å². The summed E-state index contributed by atoms with van der Waals surface area (Å²) in [5.74, 6) is 1.45. The topological polar surface area (TPSA) is 47.6 Å². The summed E-state index contributed by atoms with van der Waals surface area (Å²) < 4.78 is 11.0. The first-order chi connectivity index (χ1) is 11.2. The fourth-order valence-corrected chi connectivity index (χ4v) is 2.88. The SMILES string of the molecule is CCOc1ccccc1NC(=O)C1(c2ccccc2OC)CC1. The molecular formula is C19H21NO3. The monoisotopic (exact) mass is 311 g/mol. The highest BCUT2D eigenvalue weighted by atomic mass is 16.5. The number of carbonyl (C=O) groups is 1. The average Bonchev–Trinajstić information content (AvgIpc) is 3.38. The average molecular weight is 311 g/mol. The summed E-state index contributed by atoms with van der Waals surface area (Å²) in [5, 5.41) is 3.03. The summed E-state index contributed by atoms with van der Waals surface area (Å²) in [7, 11) is 1.64. The Hall–Kier alpha value is -2.49. The van der Waals surface area contributed by atoms with E-state index in [-0.39, 0.29) is 5.91 Å². The molecule has 1 N–H and O–H groups in total. The lowest BCUT2D eigenvalue weighted by atomic mass is 9.94. The predicted octanol–water partition coefficient (Wildman–Crippen LogP) is 3.76. The van der Waals surface area contributed by atoms with E-state index < -0.39 is 5.41 Å². The number of rotatable bonds is 6. The molecule has 1 aliphatic carbocycles. The van der Waals surface area contributed by atoms with Gasteiger partial charge in [-0.1, -0.05) is 30.3 Å². The summed E-state index contributed by atoms with van der Waals surface area (Å²) >= 11 is 0. The molecule has 1 aliphatic rings. The van der Waals surface area contributed by atoms with E-state index in [0.29, 0.717) is 18.0 Å². The fraction of sp³-hybridized carbons (Fsp3) is 0.316. The van der Waals surface area contributed by atoms with E-state index in [1.165, 1.54) is 0 Å². The van der Waals surface area contributed by atoms with E-state index in [4.69, 9.17) is 9.47 Å². The Morgan fingerprint density at radius 1 is 1.09 bits per heavy atom. The summed E-state index contributed by atoms with van der Waals surface area (Å²) in [5.41, 5.74) is 1.17. The first-order valence-corrected chi connectivity index (χ1v) is 7.88. The molecule has 0 bridgehead atoms. The van der Waals surface area contributed by atoms with Crippen molar-refractivity contribution in [2.75, 3.05) is 19.0 Å². The van der Waals surface area contributed by atoms with Crippen LogP contribution in [0.1, 0.15) is 25.3 Å². The number of hydrogen-bond acceptors (Lipinski definition) is 3. The van der Waals surface area contributed by atoms with Crippen LogP contribution in [0.5, 0.6) is 11.5 Å². The highest BCUT2D eigenvalue weighted by Gasteiger charge is 2.52. The summed E-state index contributed by atoms with van der Waals surface area (Å²) in [6, 6.07) is 15.2. The fourth-order valence-electron chi connectivity index (χ4n) is 2.88. The Bertz CT molecular complexity index is 707. The zero-order chi connectivity index (χ0) is 16.3. The standard InChI is InChI=1S/C19H21NO3/c1-3-23-17-11-7-5-9-15(17)20-18(21)19(12-13-19)14-8-4-6-10-16(14)22-2/h4-11H,3,12-13H2,1-2H3,(H,20,21). The molecule has 0 radical (unpaired) electrons. The van der Waals surface area contributed by atoms with E-state index in [9.17, 15) is 4.79 Å². The Labute approximate surface area is 136 Å². The van der Waals surface area contributed by atoms with Crippen molar-refractivity contribution in [1.29, 1.82) is 0 Å². The van der Waals surface area contributed by atoms with Gasteiger partial charge in [-0.3, -0.25) is 4.79 Å². The van der Waals surface area contributed by atoms with Gasteiger partial charge < -0.3 is 14.8 Å². The number of carbonyl (C=O) groups excluding carboxylic acids is 1. The van der Waals surface area contributed by atoms with Crippen molar-refractivity contribution < 1.29 is 14.3 Å². The minimum atomic E-state index is -0.494.